The van der Waals surface area contributed by atoms with Gasteiger partial charge in [0.1, 0.15) is 5.52 Å². The summed E-state index contributed by atoms with van der Waals surface area (Å²) in [7, 11) is 0. The number of nitrogens with zero attached hydrogens (tertiary/aromatic N) is 5. The zero-order chi connectivity index (χ0) is 23.9. The lowest BCUT2D eigenvalue weighted by Crippen LogP contribution is -2.60. The molecule has 2 aromatic carbocycles. The number of aromatic nitrogens is 4. The number of piperazine rings is 1. The molecule has 0 aliphatic carbocycles. The predicted octanol–water partition coefficient (Wildman–Crippen LogP) is 5.84. The standard InChI is InChI=1S/C26H30BrN7/c1-5-18-7-6-17(2)21(14-18)30-24-22-23(29-16-28-22)31-25(32-24)33-12-13-34(26(3,4)15-33)20-10-8-19(27)9-11-20/h6-11,14,16H,5,12-13,15H2,1-4H3,(H2,28,29,30,31,32). The second kappa shape index (κ2) is 8.91. The SMILES string of the molecule is CCc1ccc(C)c(Nc2nc(N3CCN(c4ccc(Br)cc4)C(C)(C)C3)nc3nc[nH]c23)c1. The van der Waals surface area contributed by atoms with E-state index in [1.165, 1.54) is 16.8 Å². The normalized spacial score (nSPS) is 15.7. The molecule has 5 rings (SSSR count). The van der Waals surface area contributed by atoms with Gasteiger partial charge in [-0.3, -0.25) is 0 Å². The van der Waals surface area contributed by atoms with Crippen LogP contribution >= 0.6 is 15.9 Å². The van der Waals surface area contributed by atoms with Crippen LogP contribution in [-0.2, 0) is 6.42 Å². The van der Waals surface area contributed by atoms with Crippen LogP contribution in [0.15, 0.2) is 53.3 Å². The van der Waals surface area contributed by atoms with Gasteiger partial charge in [-0.2, -0.15) is 9.97 Å². The minimum absolute atomic E-state index is 0.0877. The summed E-state index contributed by atoms with van der Waals surface area (Å²) in [5.41, 5.74) is 6.15. The Balaban J connectivity index is 1.45. The molecule has 0 atom stereocenters. The maximum atomic E-state index is 4.97. The van der Waals surface area contributed by atoms with Gasteiger partial charge in [-0.05, 0) is 68.7 Å². The van der Waals surface area contributed by atoms with Gasteiger partial charge in [-0.1, -0.05) is 35.0 Å². The fourth-order valence-electron chi connectivity index (χ4n) is 4.63. The smallest absolute Gasteiger partial charge is 0.229 e. The average Bonchev–Trinajstić information content (AvgIpc) is 3.30. The number of benzene rings is 2. The second-order valence-electron chi connectivity index (χ2n) is 9.46. The molecule has 2 aromatic heterocycles. The quantitative estimate of drug-likeness (QED) is 0.345. The maximum Gasteiger partial charge on any atom is 0.229 e. The first kappa shape index (κ1) is 22.7. The Morgan fingerprint density at radius 2 is 1.88 bits per heavy atom. The van der Waals surface area contributed by atoms with Crippen LogP contribution in [0.25, 0.3) is 11.2 Å². The second-order valence-corrected chi connectivity index (χ2v) is 10.4. The van der Waals surface area contributed by atoms with Crippen molar-refractivity contribution in [1.82, 2.24) is 19.9 Å². The van der Waals surface area contributed by atoms with E-state index in [9.17, 15) is 0 Å². The number of hydrogen-bond acceptors (Lipinski definition) is 6. The number of halogens is 1. The average molecular weight is 520 g/mol. The highest BCUT2D eigenvalue weighted by Gasteiger charge is 2.35. The van der Waals surface area contributed by atoms with Gasteiger partial charge >= 0.3 is 0 Å². The summed E-state index contributed by atoms with van der Waals surface area (Å²) in [5.74, 6) is 1.46. The minimum atomic E-state index is -0.0877. The number of rotatable bonds is 5. The zero-order valence-corrected chi connectivity index (χ0v) is 21.6. The van der Waals surface area contributed by atoms with Gasteiger partial charge in [0.2, 0.25) is 5.95 Å². The van der Waals surface area contributed by atoms with Crippen molar-refractivity contribution in [2.24, 2.45) is 0 Å². The Morgan fingerprint density at radius 1 is 1.09 bits per heavy atom. The van der Waals surface area contributed by atoms with Crippen molar-refractivity contribution in [3.8, 4) is 0 Å². The fourth-order valence-corrected chi connectivity index (χ4v) is 4.89. The van der Waals surface area contributed by atoms with Crippen molar-refractivity contribution in [2.45, 2.75) is 39.7 Å². The van der Waals surface area contributed by atoms with Crippen molar-refractivity contribution >= 4 is 50.2 Å². The van der Waals surface area contributed by atoms with Crippen molar-refractivity contribution in [3.63, 3.8) is 0 Å². The molecule has 176 valence electrons. The van der Waals surface area contributed by atoms with E-state index in [0.29, 0.717) is 11.6 Å². The molecule has 1 saturated heterocycles. The summed E-state index contributed by atoms with van der Waals surface area (Å²) in [4.78, 5) is 22.2. The highest BCUT2D eigenvalue weighted by Crippen LogP contribution is 2.32. The Labute approximate surface area is 208 Å². The van der Waals surface area contributed by atoms with Crippen molar-refractivity contribution < 1.29 is 0 Å². The molecule has 7 nitrogen and oxygen atoms in total. The number of aromatic amines is 1. The molecule has 0 unspecified atom stereocenters. The first-order valence-electron chi connectivity index (χ1n) is 11.7. The molecule has 34 heavy (non-hydrogen) atoms. The molecule has 0 saturated carbocycles. The molecule has 1 fully saturated rings. The number of anilines is 4. The van der Waals surface area contributed by atoms with Crippen LogP contribution in [0, 0.1) is 6.92 Å². The summed E-state index contributed by atoms with van der Waals surface area (Å²) in [6, 6.07) is 15.0. The van der Waals surface area contributed by atoms with Crippen molar-refractivity contribution in [2.75, 3.05) is 34.8 Å². The Hall–Kier alpha value is -3.13. The van der Waals surface area contributed by atoms with E-state index >= 15 is 0 Å². The number of hydrogen-bond donors (Lipinski definition) is 2. The van der Waals surface area contributed by atoms with Crippen LogP contribution in [-0.4, -0.2) is 45.1 Å². The van der Waals surface area contributed by atoms with Gasteiger partial charge in [0, 0.05) is 35.5 Å². The first-order chi connectivity index (χ1) is 16.3. The Kier molecular flexibility index (Phi) is 5.93. The monoisotopic (exact) mass is 519 g/mol. The fraction of sp³-hybridized carbons (Fsp3) is 0.346. The molecule has 1 aliphatic heterocycles. The number of nitrogens with one attached hydrogen (secondary N) is 2. The molecule has 0 spiro atoms. The van der Waals surface area contributed by atoms with Gasteiger partial charge in [-0.15, -0.1) is 0 Å². The third kappa shape index (κ3) is 4.34. The highest BCUT2D eigenvalue weighted by atomic mass is 79.9. The van der Waals surface area contributed by atoms with Gasteiger partial charge in [-0.25, -0.2) is 4.98 Å². The van der Waals surface area contributed by atoms with E-state index in [1.54, 1.807) is 6.33 Å². The summed E-state index contributed by atoms with van der Waals surface area (Å²) < 4.78 is 1.09. The van der Waals surface area contributed by atoms with Crippen molar-refractivity contribution in [3.05, 3.63) is 64.4 Å². The molecule has 0 bridgehead atoms. The molecule has 2 N–H and O–H groups in total. The summed E-state index contributed by atoms with van der Waals surface area (Å²) in [6.07, 6.45) is 2.67. The largest absolute Gasteiger partial charge is 0.363 e. The molecule has 0 amide bonds. The Bertz CT molecular complexity index is 1310. The summed E-state index contributed by atoms with van der Waals surface area (Å²) in [6.45, 7) is 11.3. The maximum absolute atomic E-state index is 4.97. The number of imidazole rings is 1. The Morgan fingerprint density at radius 3 is 2.62 bits per heavy atom. The van der Waals surface area contributed by atoms with E-state index < -0.39 is 0 Å². The first-order valence-corrected chi connectivity index (χ1v) is 12.5. The van der Waals surface area contributed by atoms with E-state index in [4.69, 9.17) is 9.97 Å². The molecule has 1 aliphatic rings. The molecular weight excluding hydrogens is 490 g/mol. The van der Waals surface area contributed by atoms with Gasteiger partial charge < -0.3 is 20.1 Å². The van der Waals surface area contributed by atoms with Crippen LogP contribution in [0.1, 0.15) is 31.9 Å². The summed E-state index contributed by atoms with van der Waals surface area (Å²) >= 11 is 3.54. The van der Waals surface area contributed by atoms with Crippen LogP contribution in [0.5, 0.6) is 0 Å². The lowest BCUT2D eigenvalue weighted by atomic mass is 9.98. The molecule has 8 heteroatoms. The predicted molar refractivity (Wildman–Crippen MR) is 143 cm³/mol. The van der Waals surface area contributed by atoms with E-state index in [0.717, 1.165) is 47.5 Å². The molecule has 4 aromatic rings. The molecular formula is C26H30BrN7. The lowest BCUT2D eigenvalue weighted by Gasteiger charge is -2.48. The zero-order valence-electron chi connectivity index (χ0n) is 20.1. The number of H-pyrrole nitrogens is 1. The topological polar surface area (TPSA) is 73.0 Å². The molecule has 3 heterocycles. The van der Waals surface area contributed by atoms with E-state index in [2.05, 4.69) is 111 Å². The number of aryl methyl sites for hydroxylation is 2. The van der Waals surface area contributed by atoms with Crippen molar-refractivity contribution in [1.29, 1.82) is 0 Å². The van der Waals surface area contributed by atoms with Crippen LogP contribution in [0.4, 0.5) is 23.1 Å². The van der Waals surface area contributed by atoms with Gasteiger partial charge in [0.25, 0.3) is 0 Å². The van der Waals surface area contributed by atoms with Gasteiger partial charge in [0.05, 0.1) is 11.9 Å². The van der Waals surface area contributed by atoms with E-state index in [1.807, 2.05) is 0 Å². The van der Waals surface area contributed by atoms with Gasteiger partial charge in [0.15, 0.2) is 11.5 Å². The minimum Gasteiger partial charge on any atom is -0.363 e. The third-order valence-corrected chi connectivity index (χ3v) is 7.09. The number of fused-ring (bicyclic) bond motifs is 1. The lowest BCUT2D eigenvalue weighted by molar-refractivity contribution is 0.412. The van der Waals surface area contributed by atoms with Crippen LogP contribution in [0.2, 0.25) is 0 Å². The van der Waals surface area contributed by atoms with Crippen LogP contribution < -0.4 is 15.1 Å². The van der Waals surface area contributed by atoms with E-state index in [-0.39, 0.29) is 5.54 Å². The highest BCUT2D eigenvalue weighted by molar-refractivity contribution is 9.10. The summed E-state index contributed by atoms with van der Waals surface area (Å²) in [5, 5.41) is 3.55. The third-order valence-electron chi connectivity index (χ3n) is 6.56. The molecule has 0 radical (unpaired) electrons. The van der Waals surface area contributed by atoms with Crippen LogP contribution in [0.3, 0.4) is 0 Å².